The van der Waals surface area contributed by atoms with E-state index in [-0.39, 0.29) is 30.8 Å². The molecule has 0 fully saturated rings. The van der Waals surface area contributed by atoms with Crippen molar-refractivity contribution < 1.29 is 44.2 Å². The van der Waals surface area contributed by atoms with Gasteiger partial charge in [0.2, 0.25) is 0 Å². The molecule has 8 nitrogen and oxygen atoms in total. The van der Waals surface area contributed by atoms with Gasteiger partial charge in [0.05, 0.1) is 0 Å². The molecule has 0 aliphatic heterocycles. The van der Waals surface area contributed by atoms with Gasteiger partial charge in [-0.05, 0) is 19.1 Å². The van der Waals surface area contributed by atoms with Crippen LogP contribution in [0.1, 0.15) is 25.8 Å². The number of carbonyl (C=O) groups is 1. The quantitative estimate of drug-likeness (QED) is 0.501. The second-order valence-corrected chi connectivity index (χ2v) is 6.75. The van der Waals surface area contributed by atoms with E-state index >= 15 is 0 Å². The zero-order valence-corrected chi connectivity index (χ0v) is 16.9. The van der Waals surface area contributed by atoms with Crippen LogP contribution in [0.5, 0.6) is 0 Å². The first-order valence-corrected chi connectivity index (χ1v) is 8.78. The van der Waals surface area contributed by atoms with Crippen LogP contribution in [0.25, 0.3) is 4.72 Å². The van der Waals surface area contributed by atoms with Gasteiger partial charge in [0, 0.05) is 24.0 Å². The predicted molar refractivity (Wildman–Crippen MR) is 91.7 cm³/mol. The third-order valence-electron chi connectivity index (χ3n) is 3.16. The van der Waals surface area contributed by atoms with E-state index in [0.29, 0.717) is 19.5 Å². The van der Waals surface area contributed by atoms with Crippen molar-refractivity contribution in [2.24, 2.45) is 17.4 Å². The van der Waals surface area contributed by atoms with Crippen molar-refractivity contribution in [1.82, 2.24) is 0 Å². The molecule has 0 heterocycles. The summed E-state index contributed by atoms with van der Waals surface area (Å²) in [7, 11) is -3.97. The van der Waals surface area contributed by atoms with Crippen LogP contribution < -0.4 is 16.6 Å². The Morgan fingerprint density at radius 1 is 1.20 bits per heavy atom. The summed E-state index contributed by atoms with van der Waals surface area (Å²) >= 11 is 0. The van der Waals surface area contributed by atoms with Crippen LogP contribution in [0, 0.1) is 12.8 Å². The molecule has 0 saturated heterocycles. The van der Waals surface area contributed by atoms with Gasteiger partial charge in [0.25, 0.3) is 0 Å². The van der Waals surface area contributed by atoms with E-state index in [4.69, 9.17) is 11.5 Å². The fraction of sp³-hybridized carbons (Fsp3) is 0.533. The number of aliphatic carboxylic acids is 1. The van der Waals surface area contributed by atoms with E-state index in [1.807, 2.05) is 6.92 Å². The number of nitrogens with two attached hydrogens (primary N) is 2. The molecule has 25 heavy (non-hydrogen) atoms. The minimum Gasteiger partial charge on any atom is -0.552 e. The van der Waals surface area contributed by atoms with Crippen molar-refractivity contribution in [1.29, 1.82) is 0 Å². The van der Waals surface area contributed by atoms with Crippen molar-refractivity contribution in [2.45, 2.75) is 38.1 Å². The molecular formula is C15H27N3O5PdS. The van der Waals surface area contributed by atoms with Crippen molar-refractivity contribution in [3.8, 4) is 0 Å². The Morgan fingerprint density at radius 3 is 1.96 bits per heavy atom. The van der Waals surface area contributed by atoms with Gasteiger partial charge >= 0.3 is 20.4 Å². The number of carbonyl (C=O) groups excluding carboxylic acids is 1. The van der Waals surface area contributed by atoms with Crippen molar-refractivity contribution in [2.75, 3.05) is 13.1 Å². The van der Waals surface area contributed by atoms with Gasteiger partial charge in [0.15, 0.2) is 0 Å². The number of carboxylic acids is 1. The molecule has 0 aromatic heterocycles. The van der Waals surface area contributed by atoms with Crippen LogP contribution in [0.2, 0.25) is 0 Å². The second kappa shape index (κ2) is 14.3. The first-order chi connectivity index (χ1) is 10.7. The Morgan fingerprint density at radius 2 is 1.64 bits per heavy atom. The number of benzene rings is 1. The molecule has 6 N–H and O–H groups in total. The topological polar surface area (TPSA) is 172 Å². The number of nitrogens with zero attached hydrogens (tertiary/aromatic N) is 1. The standard InChI is InChI=1S/C13H18NO4S.C2H8N2.H2O.Pd/c1-4-10(3)12(13(15)16)14-19(17,18)11-7-5-9(2)6-8-11;3-1-2-4;;/h5-8,10,12H,4H2,1-3H3,(H,15,16);1-4H2;1H2;/q-1;;;+2/p-1. The van der Waals surface area contributed by atoms with Gasteiger partial charge in [-0.3, -0.25) is 0 Å². The van der Waals surface area contributed by atoms with E-state index in [1.54, 1.807) is 26.0 Å². The zero-order chi connectivity index (χ0) is 18.0. The maximum Gasteiger partial charge on any atom is 2.00 e. The Labute approximate surface area is 163 Å². The number of hydrogen-bond acceptors (Lipinski definition) is 6. The Balaban J connectivity index is -0.000000728. The average Bonchev–Trinajstić information content (AvgIpc) is 2.52. The number of sulfonamides is 1. The number of rotatable bonds is 7. The Hall–Kier alpha value is -0.858. The third kappa shape index (κ3) is 10.7. The van der Waals surface area contributed by atoms with E-state index in [1.165, 1.54) is 12.1 Å². The smallest absolute Gasteiger partial charge is 0.552 e. The van der Waals surface area contributed by atoms with Crippen LogP contribution in [0.3, 0.4) is 0 Å². The summed E-state index contributed by atoms with van der Waals surface area (Å²) < 4.78 is 27.5. The minimum atomic E-state index is -3.97. The van der Waals surface area contributed by atoms with E-state index < -0.39 is 28.0 Å². The Kier molecular flexibility index (Phi) is 16.6. The maximum absolute atomic E-state index is 12.0. The van der Waals surface area contributed by atoms with Crippen LogP contribution in [0.4, 0.5) is 0 Å². The van der Waals surface area contributed by atoms with Gasteiger partial charge < -0.3 is 31.6 Å². The van der Waals surface area contributed by atoms with Crippen LogP contribution >= 0.6 is 0 Å². The first-order valence-electron chi connectivity index (χ1n) is 7.34. The molecule has 0 saturated carbocycles. The van der Waals surface area contributed by atoms with Gasteiger partial charge in [-0.1, -0.05) is 49.9 Å². The van der Waals surface area contributed by atoms with Gasteiger partial charge in [-0.15, -0.1) is 0 Å². The van der Waals surface area contributed by atoms with E-state index in [9.17, 15) is 18.3 Å². The summed E-state index contributed by atoms with van der Waals surface area (Å²) in [6, 6.07) is 4.75. The molecule has 148 valence electrons. The number of hydrogen-bond donors (Lipinski definition) is 2. The molecule has 0 spiro atoms. The third-order valence-corrected chi connectivity index (χ3v) is 4.53. The monoisotopic (exact) mass is 467 g/mol. The summed E-state index contributed by atoms with van der Waals surface area (Å²) in [6.07, 6.45) is 0.506. The summed E-state index contributed by atoms with van der Waals surface area (Å²) in [5, 5.41) is 11.0. The van der Waals surface area contributed by atoms with Crippen molar-refractivity contribution in [3.63, 3.8) is 0 Å². The molecule has 1 aromatic rings. The molecule has 2 atom stereocenters. The fourth-order valence-electron chi connectivity index (χ4n) is 1.52. The molecular weight excluding hydrogens is 441 g/mol. The number of carboxylic acid groups (broad SMARTS) is 1. The Bertz CT molecular complexity index is 579. The summed E-state index contributed by atoms with van der Waals surface area (Å²) in [6.45, 7) is 6.43. The fourth-order valence-corrected chi connectivity index (χ4v) is 2.72. The number of aryl methyl sites for hydroxylation is 1. The molecule has 1 aromatic carbocycles. The van der Waals surface area contributed by atoms with Crippen LogP contribution in [0.15, 0.2) is 29.2 Å². The predicted octanol–water partition coefficient (Wildman–Crippen LogP) is -0.701. The SMILES string of the molecule is CCC(C)C([N-]S(=O)(=O)c1ccc(C)cc1)C(=O)[O-].NCCN.O.[Pd+2]. The van der Waals surface area contributed by atoms with Gasteiger partial charge in [0.1, 0.15) is 10.0 Å². The zero-order valence-electron chi connectivity index (χ0n) is 14.5. The van der Waals surface area contributed by atoms with E-state index in [0.717, 1.165) is 5.56 Å². The van der Waals surface area contributed by atoms with Crippen LogP contribution in [-0.2, 0) is 35.2 Å². The van der Waals surface area contributed by atoms with Crippen LogP contribution in [-0.4, -0.2) is 39.0 Å². The molecule has 0 bridgehead atoms. The largest absolute Gasteiger partial charge is 2.00 e. The average molecular weight is 468 g/mol. The normalized spacial score (nSPS) is 12.5. The molecule has 0 aliphatic rings. The molecule has 10 heteroatoms. The summed E-state index contributed by atoms with van der Waals surface area (Å²) in [5.74, 6) is -1.87. The van der Waals surface area contributed by atoms with Crippen molar-refractivity contribution >= 4 is 16.0 Å². The summed E-state index contributed by atoms with van der Waals surface area (Å²) in [4.78, 5) is 11.0. The molecule has 0 radical (unpaired) electrons. The van der Waals surface area contributed by atoms with Crippen molar-refractivity contribution in [3.05, 3.63) is 34.6 Å². The maximum atomic E-state index is 12.0. The van der Waals surface area contributed by atoms with Gasteiger partial charge in [-0.25, -0.2) is 8.42 Å². The van der Waals surface area contributed by atoms with Gasteiger partial charge in [-0.2, -0.15) is 0 Å². The molecule has 0 aliphatic carbocycles. The first kappa shape index (κ1) is 28.9. The van der Waals surface area contributed by atoms with E-state index in [2.05, 4.69) is 4.72 Å². The molecule has 1 rings (SSSR count). The molecule has 0 amide bonds. The second-order valence-electron chi connectivity index (χ2n) is 5.12. The summed E-state index contributed by atoms with van der Waals surface area (Å²) in [5.41, 5.74) is 10.7. The molecule has 2 unspecified atom stereocenters. The minimum absolute atomic E-state index is 0.